The third-order valence-electron chi connectivity index (χ3n) is 3.86. The van der Waals surface area contributed by atoms with Crippen molar-refractivity contribution in [2.24, 2.45) is 0 Å². The van der Waals surface area contributed by atoms with Gasteiger partial charge in [-0.25, -0.2) is 0 Å². The first-order chi connectivity index (χ1) is 9.59. The fraction of sp³-hybridized carbons (Fsp3) is 0.200. The van der Waals surface area contributed by atoms with Crippen molar-refractivity contribution in [1.29, 1.82) is 0 Å². The Labute approximate surface area is 121 Å². The zero-order valence-electron chi connectivity index (χ0n) is 12.4. The molecule has 0 saturated heterocycles. The van der Waals surface area contributed by atoms with E-state index in [0.29, 0.717) is 0 Å². The van der Waals surface area contributed by atoms with Crippen molar-refractivity contribution in [3.05, 3.63) is 75.2 Å². The number of rotatable bonds is 0. The predicted molar refractivity (Wildman–Crippen MR) is 90.0 cm³/mol. The zero-order chi connectivity index (χ0) is 14.5. The summed E-state index contributed by atoms with van der Waals surface area (Å²) in [4.78, 5) is 0. The maximum absolute atomic E-state index is 3.76. The molecule has 0 aromatic heterocycles. The molecule has 0 bridgehead atoms. The molecule has 0 nitrogen and oxygen atoms in total. The van der Waals surface area contributed by atoms with Gasteiger partial charge >= 0.3 is 0 Å². The van der Waals surface area contributed by atoms with E-state index >= 15 is 0 Å². The molecule has 0 heteroatoms. The van der Waals surface area contributed by atoms with E-state index in [4.69, 9.17) is 0 Å². The highest BCUT2D eigenvalue weighted by atomic mass is 14.1. The van der Waals surface area contributed by atoms with Crippen molar-refractivity contribution in [3.63, 3.8) is 0 Å². The van der Waals surface area contributed by atoms with Crippen LogP contribution in [0.25, 0.3) is 19.2 Å². The first-order valence-electron chi connectivity index (χ1n) is 7.08. The van der Waals surface area contributed by atoms with Crippen LogP contribution in [0.4, 0.5) is 0 Å². The molecule has 0 atom stereocenters. The summed E-state index contributed by atoms with van der Waals surface area (Å²) >= 11 is 0. The molecule has 2 aromatic carbocycles. The Hall–Kier alpha value is -2.08. The van der Waals surface area contributed by atoms with Crippen LogP contribution >= 0.6 is 0 Å². The van der Waals surface area contributed by atoms with Crippen LogP contribution in [0.1, 0.15) is 28.7 Å². The van der Waals surface area contributed by atoms with Gasteiger partial charge < -0.3 is 0 Å². The molecule has 0 unspecified atom stereocenters. The van der Waals surface area contributed by atoms with Crippen molar-refractivity contribution in [2.45, 2.75) is 26.7 Å². The lowest BCUT2D eigenvalue weighted by Crippen LogP contribution is -2.19. The Morgan fingerprint density at radius 3 is 2.15 bits per heavy atom. The summed E-state index contributed by atoms with van der Waals surface area (Å²) in [6, 6.07) is 12.3. The first-order valence-corrected chi connectivity index (χ1v) is 7.08. The Balaban J connectivity index is 0.000000160. The summed E-state index contributed by atoms with van der Waals surface area (Å²) in [6.45, 7) is 11.9. The molecule has 3 rings (SSSR count). The van der Waals surface area contributed by atoms with Crippen LogP contribution in [0.15, 0.2) is 42.5 Å². The molecule has 0 aliphatic heterocycles. The van der Waals surface area contributed by atoms with Gasteiger partial charge in [-0.15, -0.1) is 0 Å². The van der Waals surface area contributed by atoms with Crippen molar-refractivity contribution < 1.29 is 0 Å². The van der Waals surface area contributed by atoms with E-state index < -0.39 is 0 Å². The maximum Gasteiger partial charge on any atom is -0.0196 e. The van der Waals surface area contributed by atoms with Gasteiger partial charge in [0.2, 0.25) is 0 Å². The second kappa shape index (κ2) is 6.38. The topological polar surface area (TPSA) is 0 Å². The maximum atomic E-state index is 3.76. The standard InChI is InChI=1S/C12H14.C8H8/c1-9-7-8-11-5-3-4-6-12(11)10(9)2;1-7-5-3-4-6-8(7)2/h4,6-8H,3,5H2,1-2H3;3-6H,1-2H2. The second-order valence-corrected chi connectivity index (χ2v) is 5.29. The van der Waals surface area contributed by atoms with Crippen molar-refractivity contribution in [2.75, 3.05) is 0 Å². The largest absolute Gasteiger partial charge is 0.0912 e. The van der Waals surface area contributed by atoms with Gasteiger partial charge in [0.1, 0.15) is 0 Å². The minimum absolute atomic E-state index is 1.01. The summed E-state index contributed by atoms with van der Waals surface area (Å²) in [5.74, 6) is 0. The fourth-order valence-corrected chi connectivity index (χ4v) is 2.34. The van der Waals surface area contributed by atoms with Crippen LogP contribution in [0.2, 0.25) is 0 Å². The molecular weight excluding hydrogens is 240 g/mol. The average Bonchev–Trinajstić information content (AvgIpc) is 2.47. The van der Waals surface area contributed by atoms with E-state index in [2.05, 4.69) is 51.3 Å². The average molecular weight is 262 g/mol. The monoisotopic (exact) mass is 262 g/mol. The second-order valence-electron chi connectivity index (χ2n) is 5.29. The van der Waals surface area contributed by atoms with E-state index in [1.54, 1.807) is 0 Å². The lowest BCUT2D eigenvalue weighted by Gasteiger charge is -2.14. The third kappa shape index (κ3) is 3.27. The highest BCUT2D eigenvalue weighted by Crippen LogP contribution is 2.24. The molecule has 1 aliphatic rings. The van der Waals surface area contributed by atoms with Gasteiger partial charge in [-0.1, -0.05) is 61.7 Å². The Bertz CT molecular complexity index is 691. The van der Waals surface area contributed by atoms with Gasteiger partial charge in [0, 0.05) is 0 Å². The molecule has 0 spiro atoms. The van der Waals surface area contributed by atoms with Gasteiger partial charge in [-0.05, 0) is 59.4 Å². The smallest absolute Gasteiger partial charge is 0.0196 e. The molecule has 0 N–H and O–H groups in total. The summed E-state index contributed by atoms with van der Waals surface area (Å²) in [5, 5.41) is 2.01. The van der Waals surface area contributed by atoms with Gasteiger partial charge in [0.15, 0.2) is 0 Å². The number of fused-ring (bicyclic) bond motifs is 1. The van der Waals surface area contributed by atoms with E-state index in [0.717, 1.165) is 10.4 Å². The summed E-state index contributed by atoms with van der Waals surface area (Å²) in [7, 11) is 0. The normalized spacial score (nSPS) is 12.3. The zero-order valence-corrected chi connectivity index (χ0v) is 12.4. The number of hydrogen-bond donors (Lipinski definition) is 0. The van der Waals surface area contributed by atoms with E-state index in [1.165, 1.54) is 35.1 Å². The summed E-state index contributed by atoms with van der Waals surface area (Å²) < 4.78 is 0. The Morgan fingerprint density at radius 2 is 1.55 bits per heavy atom. The molecule has 20 heavy (non-hydrogen) atoms. The van der Waals surface area contributed by atoms with E-state index in [-0.39, 0.29) is 0 Å². The minimum Gasteiger partial charge on any atom is -0.0912 e. The lowest BCUT2D eigenvalue weighted by molar-refractivity contribution is 0.978. The Morgan fingerprint density at radius 1 is 0.900 bits per heavy atom. The lowest BCUT2D eigenvalue weighted by atomic mass is 9.91. The first kappa shape index (κ1) is 14.3. The van der Waals surface area contributed by atoms with E-state index in [9.17, 15) is 0 Å². The van der Waals surface area contributed by atoms with Crippen LogP contribution in [0.3, 0.4) is 0 Å². The number of hydrogen-bond acceptors (Lipinski definition) is 0. The highest BCUT2D eigenvalue weighted by molar-refractivity contribution is 5.61. The van der Waals surface area contributed by atoms with Gasteiger partial charge in [0.25, 0.3) is 0 Å². The molecule has 1 aliphatic carbocycles. The SMILES string of the molecule is C=c1ccccc1=C.Cc1ccc2c(c1C)C=CCC2. The van der Waals surface area contributed by atoms with Crippen molar-refractivity contribution >= 4 is 19.2 Å². The van der Waals surface area contributed by atoms with Gasteiger partial charge in [-0.2, -0.15) is 0 Å². The fourth-order valence-electron chi connectivity index (χ4n) is 2.34. The van der Waals surface area contributed by atoms with E-state index in [1.807, 2.05) is 24.3 Å². The van der Waals surface area contributed by atoms with Gasteiger partial charge in [0.05, 0.1) is 0 Å². The van der Waals surface area contributed by atoms with Crippen LogP contribution in [-0.2, 0) is 6.42 Å². The van der Waals surface area contributed by atoms with Crippen LogP contribution in [0, 0.1) is 13.8 Å². The highest BCUT2D eigenvalue weighted by Gasteiger charge is 2.07. The third-order valence-corrected chi connectivity index (χ3v) is 3.86. The van der Waals surface area contributed by atoms with Crippen molar-refractivity contribution in [1.82, 2.24) is 0 Å². The quantitative estimate of drug-likeness (QED) is 0.678. The predicted octanol–water partition coefficient (Wildman–Crippen LogP) is 3.77. The van der Waals surface area contributed by atoms with Crippen LogP contribution in [0.5, 0.6) is 0 Å². The molecule has 0 saturated carbocycles. The molecule has 102 valence electrons. The number of aryl methyl sites for hydroxylation is 2. The minimum atomic E-state index is 1.01. The van der Waals surface area contributed by atoms with Crippen molar-refractivity contribution in [3.8, 4) is 0 Å². The van der Waals surface area contributed by atoms with Crippen LogP contribution in [-0.4, -0.2) is 0 Å². The van der Waals surface area contributed by atoms with Gasteiger partial charge in [-0.3, -0.25) is 0 Å². The number of allylic oxidation sites excluding steroid dienone is 1. The molecule has 0 heterocycles. The molecule has 0 radical (unpaired) electrons. The molecule has 0 amide bonds. The molecule has 2 aromatic rings. The van der Waals surface area contributed by atoms with Crippen LogP contribution < -0.4 is 10.4 Å². The molecular formula is C20H22. The summed E-state index contributed by atoms with van der Waals surface area (Å²) in [6.07, 6.45) is 6.96. The molecule has 0 fully saturated rings. The number of benzene rings is 2. The summed E-state index contributed by atoms with van der Waals surface area (Å²) in [5.41, 5.74) is 5.82. The Kier molecular flexibility index (Phi) is 4.57.